The van der Waals surface area contributed by atoms with Crippen LogP contribution in [0.15, 0.2) is 12.1 Å². The van der Waals surface area contributed by atoms with Crippen LogP contribution in [0.4, 0.5) is 23.2 Å². The number of hydrogen-bond acceptors (Lipinski definition) is 2. The van der Waals surface area contributed by atoms with Crippen molar-refractivity contribution in [2.24, 2.45) is 0 Å². The molecule has 0 amide bonds. The van der Waals surface area contributed by atoms with Crippen molar-refractivity contribution >= 4 is 5.69 Å². The molecule has 0 radical (unpaired) electrons. The number of rotatable bonds is 2. The van der Waals surface area contributed by atoms with Gasteiger partial charge in [-0.05, 0) is 44.6 Å². The van der Waals surface area contributed by atoms with Crippen LogP contribution >= 0.6 is 0 Å². The van der Waals surface area contributed by atoms with Gasteiger partial charge in [0.1, 0.15) is 0 Å². The van der Waals surface area contributed by atoms with Crippen LogP contribution in [0.2, 0.25) is 0 Å². The molecular formula is C14H18F4N2. The zero-order valence-electron chi connectivity index (χ0n) is 11.8. The van der Waals surface area contributed by atoms with E-state index in [1.165, 1.54) is 6.07 Å². The van der Waals surface area contributed by atoms with Crippen molar-refractivity contribution in [2.45, 2.75) is 25.6 Å². The maximum absolute atomic E-state index is 14.2. The predicted octanol–water partition coefficient (Wildman–Crippen LogP) is 3.29. The van der Waals surface area contributed by atoms with E-state index in [1.54, 1.807) is 18.9 Å². The molecule has 1 saturated heterocycles. The van der Waals surface area contributed by atoms with Gasteiger partial charge in [-0.25, -0.2) is 4.39 Å². The molecule has 2 nitrogen and oxygen atoms in total. The minimum absolute atomic E-state index is 0.0256. The lowest BCUT2D eigenvalue weighted by Crippen LogP contribution is -2.34. The molecule has 1 aliphatic heterocycles. The molecule has 20 heavy (non-hydrogen) atoms. The smallest absolute Gasteiger partial charge is 0.368 e. The topological polar surface area (TPSA) is 6.48 Å². The summed E-state index contributed by atoms with van der Waals surface area (Å²) in [6.45, 7) is 3.15. The van der Waals surface area contributed by atoms with Crippen molar-refractivity contribution < 1.29 is 17.6 Å². The van der Waals surface area contributed by atoms with Crippen LogP contribution in [0, 0.1) is 12.7 Å². The third-order valence-corrected chi connectivity index (χ3v) is 3.80. The fourth-order valence-corrected chi connectivity index (χ4v) is 2.64. The van der Waals surface area contributed by atoms with E-state index >= 15 is 0 Å². The standard InChI is InChI=1S/C14H18F4N2/c1-9-6-11(14(16,17)18)13(15)12(7-9)20(3)10-4-5-19(2)8-10/h6-7,10H,4-5,8H2,1-3H3. The average molecular weight is 290 g/mol. The Morgan fingerprint density at radius 2 is 1.95 bits per heavy atom. The summed E-state index contributed by atoms with van der Waals surface area (Å²) < 4.78 is 52.7. The van der Waals surface area contributed by atoms with Crippen molar-refractivity contribution in [1.82, 2.24) is 4.90 Å². The molecule has 0 N–H and O–H groups in total. The second-order valence-electron chi connectivity index (χ2n) is 5.46. The van der Waals surface area contributed by atoms with Gasteiger partial charge >= 0.3 is 6.18 Å². The van der Waals surface area contributed by atoms with Gasteiger partial charge in [-0.1, -0.05) is 0 Å². The van der Waals surface area contributed by atoms with Gasteiger partial charge in [0.2, 0.25) is 0 Å². The zero-order valence-corrected chi connectivity index (χ0v) is 11.8. The number of alkyl halides is 3. The number of likely N-dealkylation sites (N-methyl/N-ethyl adjacent to an activating group) is 2. The van der Waals surface area contributed by atoms with Crippen molar-refractivity contribution in [3.05, 3.63) is 29.1 Å². The highest BCUT2D eigenvalue weighted by molar-refractivity contribution is 5.54. The molecule has 1 aliphatic rings. The van der Waals surface area contributed by atoms with Gasteiger partial charge in [-0.15, -0.1) is 0 Å². The molecule has 1 fully saturated rings. The number of hydrogen-bond donors (Lipinski definition) is 0. The Bertz CT molecular complexity index is 499. The van der Waals surface area contributed by atoms with Crippen LogP contribution in [0.1, 0.15) is 17.5 Å². The van der Waals surface area contributed by atoms with Crippen LogP contribution in [0.5, 0.6) is 0 Å². The van der Waals surface area contributed by atoms with Gasteiger partial charge < -0.3 is 9.80 Å². The normalized spacial score (nSPS) is 20.4. The van der Waals surface area contributed by atoms with Gasteiger partial charge in [-0.3, -0.25) is 0 Å². The summed E-state index contributed by atoms with van der Waals surface area (Å²) in [6, 6.07) is 2.37. The highest BCUT2D eigenvalue weighted by atomic mass is 19.4. The Labute approximate surface area is 116 Å². The summed E-state index contributed by atoms with van der Waals surface area (Å²) in [4.78, 5) is 3.71. The molecule has 0 bridgehead atoms. The third kappa shape index (κ3) is 2.90. The minimum atomic E-state index is -4.67. The zero-order chi connectivity index (χ0) is 15.1. The molecule has 112 valence electrons. The maximum Gasteiger partial charge on any atom is 0.419 e. The summed E-state index contributed by atoms with van der Waals surface area (Å²) in [7, 11) is 3.60. The van der Waals surface area contributed by atoms with Crippen LogP contribution in [-0.4, -0.2) is 38.1 Å². The molecule has 1 atom stereocenters. The van der Waals surface area contributed by atoms with E-state index in [9.17, 15) is 17.6 Å². The molecule has 0 aliphatic carbocycles. The second kappa shape index (κ2) is 5.24. The van der Waals surface area contributed by atoms with Crippen LogP contribution in [0.3, 0.4) is 0 Å². The Morgan fingerprint density at radius 3 is 2.45 bits per heavy atom. The average Bonchev–Trinajstić information content (AvgIpc) is 2.76. The van der Waals surface area contributed by atoms with Crippen LogP contribution in [-0.2, 0) is 6.18 Å². The number of benzene rings is 1. The Hall–Kier alpha value is -1.30. The monoisotopic (exact) mass is 290 g/mol. The van der Waals surface area contributed by atoms with Gasteiger partial charge in [-0.2, -0.15) is 13.2 Å². The molecule has 1 unspecified atom stereocenters. The lowest BCUT2D eigenvalue weighted by atomic mass is 10.1. The second-order valence-corrected chi connectivity index (χ2v) is 5.46. The molecule has 1 heterocycles. The van der Waals surface area contributed by atoms with E-state index in [2.05, 4.69) is 4.90 Å². The Morgan fingerprint density at radius 1 is 1.30 bits per heavy atom. The molecule has 1 aromatic rings. The summed E-state index contributed by atoms with van der Waals surface area (Å²) in [6.07, 6.45) is -3.85. The molecule has 1 aromatic carbocycles. The lowest BCUT2D eigenvalue weighted by molar-refractivity contribution is -0.139. The molecule has 0 spiro atoms. The Kier molecular flexibility index (Phi) is 3.95. The summed E-state index contributed by atoms with van der Waals surface area (Å²) in [5.41, 5.74) is -0.754. The number of likely N-dealkylation sites (tertiary alicyclic amines) is 1. The number of aryl methyl sites for hydroxylation is 1. The van der Waals surface area contributed by atoms with Crippen LogP contribution in [0.25, 0.3) is 0 Å². The molecule has 2 rings (SSSR count). The van der Waals surface area contributed by atoms with Crippen molar-refractivity contribution in [3.63, 3.8) is 0 Å². The van der Waals surface area contributed by atoms with Crippen molar-refractivity contribution in [1.29, 1.82) is 0 Å². The predicted molar refractivity (Wildman–Crippen MR) is 70.4 cm³/mol. The number of nitrogens with zero attached hydrogens (tertiary/aromatic N) is 2. The quantitative estimate of drug-likeness (QED) is 0.771. The fraction of sp³-hybridized carbons (Fsp3) is 0.571. The maximum atomic E-state index is 14.2. The largest absolute Gasteiger partial charge is 0.419 e. The highest BCUT2D eigenvalue weighted by Crippen LogP contribution is 2.36. The Balaban J connectivity index is 2.39. The van der Waals surface area contributed by atoms with Gasteiger partial charge in [0.25, 0.3) is 0 Å². The SMILES string of the molecule is Cc1cc(N(C)C2CCN(C)C2)c(F)c(C(F)(F)F)c1. The number of halogens is 4. The lowest BCUT2D eigenvalue weighted by Gasteiger charge is -2.28. The van der Waals surface area contributed by atoms with E-state index in [-0.39, 0.29) is 11.7 Å². The number of anilines is 1. The first kappa shape index (κ1) is 15.1. The van der Waals surface area contributed by atoms with E-state index in [4.69, 9.17) is 0 Å². The van der Waals surface area contributed by atoms with Gasteiger partial charge in [0.05, 0.1) is 11.3 Å². The van der Waals surface area contributed by atoms with Gasteiger partial charge in [0, 0.05) is 19.6 Å². The molecular weight excluding hydrogens is 272 g/mol. The summed E-state index contributed by atoms with van der Waals surface area (Å²) in [5.74, 6) is -1.18. The molecule has 0 saturated carbocycles. The highest BCUT2D eigenvalue weighted by Gasteiger charge is 2.36. The van der Waals surface area contributed by atoms with E-state index in [0.717, 1.165) is 25.6 Å². The first-order valence-electron chi connectivity index (χ1n) is 6.49. The summed E-state index contributed by atoms with van der Waals surface area (Å²) >= 11 is 0. The van der Waals surface area contributed by atoms with E-state index in [1.807, 2.05) is 7.05 Å². The first-order valence-corrected chi connectivity index (χ1v) is 6.49. The molecule has 0 aromatic heterocycles. The van der Waals surface area contributed by atoms with E-state index < -0.39 is 17.6 Å². The van der Waals surface area contributed by atoms with Crippen LogP contribution < -0.4 is 4.90 Å². The van der Waals surface area contributed by atoms with Crippen molar-refractivity contribution in [3.8, 4) is 0 Å². The van der Waals surface area contributed by atoms with E-state index in [0.29, 0.717) is 5.56 Å². The third-order valence-electron chi connectivity index (χ3n) is 3.80. The first-order chi connectivity index (χ1) is 9.20. The van der Waals surface area contributed by atoms with Gasteiger partial charge in [0.15, 0.2) is 5.82 Å². The summed E-state index contributed by atoms with van der Waals surface area (Å²) in [5, 5.41) is 0. The fourth-order valence-electron chi connectivity index (χ4n) is 2.64. The van der Waals surface area contributed by atoms with Crippen molar-refractivity contribution in [2.75, 3.05) is 32.1 Å². The minimum Gasteiger partial charge on any atom is -0.368 e. The molecule has 6 heteroatoms.